The van der Waals surface area contributed by atoms with Crippen LogP contribution in [0.3, 0.4) is 0 Å². The summed E-state index contributed by atoms with van der Waals surface area (Å²) in [6, 6.07) is -3.20. The lowest BCUT2D eigenvalue weighted by atomic mass is 10.2. The van der Waals surface area contributed by atoms with Gasteiger partial charge in [0, 0.05) is 0 Å². The van der Waals surface area contributed by atoms with Gasteiger partial charge in [-0.15, -0.1) is 0 Å². The molecule has 130 valence electrons. The smallest absolute Gasteiger partial charge is 0.326 e. The van der Waals surface area contributed by atoms with E-state index in [0.29, 0.717) is 0 Å². The number of nitrogens with one attached hydrogen (secondary N) is 3. The van der Waals surface area contributed by atoms with E-state index >= 15 is 0 Å². The van der Waals surface area contributed by atoms with E-state index in [-0.39, 0.29) is 0 Å². The van der Waals surface area contributed by atoms with E-state index in [1.807, 2.05) is 5.32 Å². The van der Waals surface area contributed by atoms with Gasteiger partial charge in [-0.25, -0.2) is 4.79 Å². The number of carboxylic acid groups (broad SMARTS) is 1. The monoisotopic (exact) mass is 331 g/mol. The molecule has 0 rings (SSSR count). The van der Waals surface area contributed by atoms with Gasteiger partial charge >= 0.3 is 5.97 Å². The van der Waals surface area contributed by atoms with Gasteiger partial charge in [-0.3, -0.25) is 19.2 Å². The van der Waals surface area contributed by atoms with E-state index < -0.39 is 60.7 Å². The van der Waals surface area contributed by atoms with E-state index in [1.165, 1.54) is 13.8 Å². The molecule has 23 heavy (non-hydrogen) atoms. The summed E-state index contributed by atoms with van der Waals surface area (Å²) in [4.78, 5) is 56.1. The summed E-state index contributed by atoms with van der Waals surface area (Å²) in [6.07, 6.45) is -0.574. The summed E-state index contributed by atoms with van der Waals surface area (Å²) in [7, 11) is 0. The summed E-state index contributed by atoms with van der Waals surface area (Å²) in [5.74, 6) is -4.34. The first-order valence-corrected chi connectivity index (χ1v) is 6.68. The van der Waals surface area contributed by atoms with Crippen LogP contribution in [0.1, 0.15) is 20.3 Å². The van der Waals surface area contributed by atoms with E-state index in [4.69, 9.17) is 16.6 Å². The molecule has 8 N–H and O–H groups in total. The van der Waals surface area contributed by atoms with Crippen molar-refractivity contribution in [1.29, 1.82) is 0 Å². The molecule has 0 spiro atoms. The quantitative estimate of drug-likeness (QED) is 0.251. The third kappa shape index (κ3) is 8.36. The first-order chi connectivity index (χ1) is 10.5. The summed E-state index contributed by atoms with van der Waals surface area (Å²) >= 11 is 0. The Morgan fingerprint density at radius 3 is 2.04 bits per heavy atom. The van der Waals surface area contributed by atoms with Gasteiger partial charge in [0.25, 0.3) is 0 Å². The van der Waals surface area contributed by atoms with E-state index in [0.717, 1.165) is 0 Å². The standard InChI is InChI=1S/C12H21N5O6/c1-5(13)10(20)16-6(2)11(21)15-4-9(19)17-7(12(22)23)3-8(14)18/h5-7H,3-4,13H2,1-2H3,(H2,14,18)(H,15,21)(H,16,20)(H,17,19)(H,22,23). The van der Waals surface area contributed by atoms with Crippen LogP contribution >= 0.6 is 0 Å². The zero-order valence-electron chi connectivity index (χ0n) is 12.8. The number of aliphatic carboxylic acids is 1. The van der Waals surface area contributed by atoms with Crippen molar-refractivity contribution in [3.8, 4) is 0 Å². The molecule has 0 heterocycles. The Bertz CT molecular complexity index is 492. The van der Waals surface area contributed by atoms with Crippen LogP contribution in [0.4, 0.5) is 0 Å². The molecule has 0 aliphatic rings. The minimum atomic E-state index is -1.48. The third-order valence-corrected chi connectivity index (χ3v) is 2.63. The number of hydrogen-bond acceptors (Lipinski definition) is 6. The molecule has 3 unspecified atom stereocenters. The average Bonchev–Trinajstić information content (AvgIpc) is 2.42. The minimum absolute atomic E-state index is 0.528. The fourth-order valence-corrected chi connectivity index (χ4v) is 1.38. The molecular weight excluding hydrogens is 310 g/mol. The Labute approximate surface area is 132 Å². The number of carboxylic acids is 1. The van der Waals surface area contributed by atoms with Crippen LogP contribution in [0.15, 0.2) is 0 Å². The van der Waals surface area contributed by atoms with Crippen molar-refractivity contribution in [3.05, 3.63) is 0 Å². The molecule has 11 heteroatoms. The maximum atomic E-state index is 11.7. The van der Waals surface area contributed by atoms with Crippen molar-refractivity contribution in [2.24, 2.45) is 11.5 Å². The molecule has 0 aliphatic carbocycles. The highest BCUT2D eigenvalue weighted by atomic mass is 16.4. The van der Waals surface area contributed by atoms with Gasteiger partial charge in [0.15, 0.2) is 0 Å². The number of carbonyl (C=O) groups excluding carboxylic acids is 4. The molecule has 0 aromatic rings. The van der Waals surface area contributed by atoms with Crippen molar-refractivity contribution in [3.63, 3.8) is 0 Å². The lowest BCUT2D eigenvalue weighted by molar-refractivity contribution is -0.143. The topological polar surface area (TPSA) is 194 Å². The zero-order chi connectivity index (χ0) is 18.2. The van der Waals surface area contributed by atoms with Gasteiger partial charge in [0.05, 0.1) is 19.0 Å². The fourth-order valence-electron chi connectivity index (χ4n) is 1.38. The van der Waals surface area contributed by atoms with Gasteiger partial charge in [-0.1, -0.05) is 0 Å². The number of nitrogens with two attached hydrogens (primary N) is 2. The largest absolute Gasteiger partial charge is 0.480 e. The molecule has 0 saturated heterocycles. The van der Waals surface area contributed by atoms with Gasteiger partial charge < -0.3 is 32.5 Å². The maximum Gasteiger partial charge on any atom is 0.326 e. The SMILES string of the molecule is CC(N)C(=O)NC(C)C(=O)NCC(=O)NC(CC(N)=O)C(=O)O. The van der Waals surface area contributed by atoms with Crippen LogP contribution in [0, 0.1) is 0 Å². The van der Waals surface area contributed by atoms with E-state index in [2.05, 4.69) is 10.6 Å². The average molecular weight is 331 g/mol. The van der Waals surface area contributed by atoms with Gasteiger partial charge in [0.2, 0.25) is 23.6 Å². The van der Waals surface area contributed by atoms with E-state index in [9.17, 15) is 24.0 Å². The van der Waals surface area contributed by atoms with Crippen LogP contribution in [-0.4, -0.2) is 59.4 Å². The normalized spacial score (nSPS) is 14.0. The molecule has 0 bridgehead atoms. The number of rotatable bonds is 9. The second-order valence-corrected chi connectivity index (χ2v) is 4.87. The summed E-state index contributed by atoms with van der Waals surface area (Å²) in [5, 5.41) is 15.4. The van der Waals surface area contributed by atoms with Crippen LogP contribution in [-0.2, 0) is 24.0 Å². The fraction of sp³-hybridized carbons (Fsp3) is 0.583. The van der Waals surface area contributed by atoms with E-state index in [1.54, 1.807) is 0 Å². The molecule has 0 radical (unpaired) electrons. The molecule has 4 amide bonds. The Morgan fingerprint density at radius 2 is 1.61 bits per heavy atom. The Morgan fingerprint density at radius 1 is 1.04 bits per heavy atom. The molecule has 3 atom stereocenters. The molecule has 11 nitrogen and oxygen atoms in total. The molecule has 0 aromatic carbocycles. The van der Waals surface area contributed by atoms with Crippen LogP contribution < -0.4 is 27.4 Å². The van der Waals surface area contributed by atoms with Gasteiger partial charge in [0.1, 0.15) is 12.1 Å². The summed E-state index contributed by atoms with van der Waals surface area (Å²) < 4.78 is 0. The number of carbonyl (C=O) groups is 5. The summed E-state index contributed by atoms with van der Waals surface area (Å²) in [5.41, 5.74) is 10.2. The van der Waals surface area contributed by atoms with Crippen LogP contribution in [0.5, 0.6) is 0 Å². The molecule has 0 saturated carbocycles. The highest BCUT2D eigenvalue weighted by molar-refractivity contribution is 5.93. The third-order valence-electron chi connectivity index (χ3n) is 2.63. The van der Waals surface area contributed by atoms with Crippen molar-refractivity contribution < 1.29 is 29.1 Å². The van der Waals surface area contributed by atoms with Crippen LogP contribution in [0.2, 0.25) is 0 Å². The van der Waals surface area contributed by atoms with Gasteiger partial charge in [-0.05, 0) is 13.8 Å². The molecular formula is C12H21N5O6. The molecule has 0 aromatic heterocycles. The first kappa shape index (κ1) is 20.3. The second-order valence-electron chi connectivity index (χ2n) is 4.87. The Kier molecular flexibility index (Phi) is 8.26. The van der Waals surface area contributed by atoms with Crippen molar-refractivity contribution in [2.75, 3.05) is 6.54 Å². The minimum Gasteiger partial charge on any atom is -0.480 e. The van der Waals surface area contributed by atoms with Crippen molar-refractivity contribution in [1.82, 2.24) is 16.0 Å². The summed E-state index contributed by atoms with van der Waals surface area (Å²) in [6.45, 7) is 2.30. The predicted molar refractivity (Wildman–Crippen MR) is 77.6 cm³/mol. The first-order valence-electron chi connectivity index (χ1n) is 6.68. The highest BCUT2D eigenvalue weighted by Gasteiger charge is 2.23. The van der Waals surface area contributed by atoms with Gasteiger partial charge in [-0.2, -0.15) is 0 Å². The molecule has 0 aliphatic heterocycles. The number of amides is 4. The molecule has 0 fully saturated rings. The highest BCUT2D eigenvalue weighted by Crippen LogP contribution is 1.91. The predicted octanol–water partition coefficient (Wildman–Crippen LogP) is -3.60. The maximum absolute atomic E-state index is 11.7. The Balaban J connectivity index is 4.36. The lowest BCUT2D eigenvalue weighted by Crippen LogP contribution is -2.52. The Hall–Kier alpha value is -2.69. The number of hydrogen-bond donors (Lipinski definition) is 6. The number of primary amides is 1. The van der Waals surface area contributed by atoms with Crippen molar-refractivity contribution in [2.45, 2.75) is 38.4 Å². The lowest BCUT2D eigenvalue weighted by Gasteiger charge is -2.16. The second kappa shape index (κ2) is 9.35. The van der Waals surface area contributed by atoms with Crippen LogP contribution in [0.25, 0.3) is 0 Å². The van der Waals surface area contributed by atoms with Crippen molar-refractivity contribution >= 4 is 29.6 Å². The zero-order valence-corrected chi connectivity index (χ0v) is 12.8.